The van der Waals surface area contributed by atoms with Gasteiger partial charge in [0.25, 0.3) is 0 Å². The minimum absolute atomic E-state index is 0.0478. The van der Waals surface area contributed by atoms with Gasteiger partial charge in [-0.3, -0.25) is 0 Å². The molecule has 0 saturated carbocycles. The van der Waals surface area contributed by atoms with Crippen LogP contribution in [-0.4, -0.2) is 15.0 Å². The zero-order valence-electron chi connectivity index (χ0n) is 28.4. The summed E-state index contributed by atoms with van der Waals surface area (Å²) in [6.45, 7) is 4.69. The molecule has 1 aliphatic rings. The van der Waals surface area contributed by atoms with Gasteiger partial charge in [-0.1, -0.05) is 166 Å². The Kier molecular flexibility index (Phi) is 6.53. The Morgan fingerprint density at radius 3 is 1.45 bits per heavy atom. The molecule has 0 atom stereocenters. The van der Waals surface area contributed by atoms with E-state index in [2.05, 4.69) is 117 Å². The summed E-state index contributed by atoms with van der Waals surface area (Å²) in [5.74, 6) is 1.98. The number of fused-ring (bicyclic) bond motifs is 9. The van der Waals surface area contributed by atoms with Crippen molar-refractivity contribution >= 4 is 32.3 Å². The van der Waals surface area contributed by atoms with Gasteiger partial charge in [-0.2, -0.15) is 0 Å². The second-order valence-electron chi connectivity index (χ2n) is 14.0. The van der Waals surface area contributed by atoms with Gasteiger partial charge in [-0.25, -0.2) is 15.0 Å². The van der Waals surface area contributed by atoms with Crippen LogP contribution in [0.5, 0.6) is 0 Å². The van der Waals surface area contributed by atoms with E-state index in [1.54, 1.807) is 0 Å². The number of aromatic nitrogens is 3. The summed E-state index contributed by atoms with van der Waals surface area (Å²) < 4.78 is 0. The topological polar surface area (TPSA) is 38.7 Å². The Morgan fingerprint density at radius 2 is 0.784 bits per heavy atom. The van der Waals surface area contributed by atoms with Gasteiger partial charge >= 0.3 is 0 Å². The number of benzene rings is 8. The Morgan fingerprint density at radius 1 is 0.333 bits per heavy atom. The Labute approximate surface area is 297 Å². The standard InChI is InChI=1S/C48H33N3/c1-48(2)42-22-12-11-20-39(42)44-34(21-13-23-43(44)48)32-24-26-37-35-18-9-10-19-36(35)41-29-33(25-27-38(41)40(37)28-32)47-50-45(30-14-5-3-6-15-30)49-46(51-47)31-16-7-4-8-17-31/h3-29H,1-2H3. The summed E-state index contributed by atoms with van der Waals surface area (Å²) >= 11 is 0. The first-order chi connectivity index (χ1) is 25.0. The maximum atomic E-state index is 5.04. The maximum Gasteiger partial charge on any atom is 0.164 e. The molecule has 0 saturated heterocycles. The van der Waals surface area contributed by atoms with E-state index >= 15 is 0 Å². The van der Waals surface area contributed by atoms with E-state index in [-0.39, 0.29) is 5.41 Å². The first kappa shape index (κ1) is 29.5. The predicted molar refractivity (Wildman–Crippen MR) is 212 cm³/mol. The largest absolute Gasteiger partial charge is 0.208 e. The van der Waals surface area contributed by atoms with E-state index in [4.69, 9.17) is 15.0 Å². The highest BCUT2D eigenvalue weighted by Crippen LogP contribution is 2.52. The lowest BCUT2D eigenvalue weighted by Gasteiger charge is -2.21. The number of hydrogen-bond donors (Lipinski definition) is 0. The van der Waals surface area contributed by atoms with E-state index < -0.39 is 0 Å². The SMILES string of the molecule is CC1(C)c2ccccc2-c2c(-c3ccc4c5ccccc5c5cc(-c6nc(-c7ccccc7)nc(-c7ccccc7)n6)ccc5c4c3)cccc21. The molecule has 0 aliphatic heterocycles. The molecule has 0 amide bonds. The summed E-state index contributed by atoms with van der Waals surface area (Å²) in [4.78, 5) is 15.0. The molecule has 0 fully saturated rings. The van der Waals surface area contributed by atoms with E-state index in [9.17, 15) is 0 Å². The van der Waals surface area contributed by atoms with E-state index in [0.717, 1.165) is 16.7 Å². The van der Waals surface area contributed by atoms with E-state index in [1.807, 2.05) is 60.7 Å². The van der Waals surface area contributed by atoms with Crippen molar-refractivity contribution in [2.45, 2.75) is 19.3 Å². The van der Waals surface area contributed by atoms with Crippen molar-refractivity contribution in [1.82, 2.24) is 15.0 Å². The molecular formula is C48H33N3. The minimum atomic E-state index is -0.0478. The summed E-state index contributed by atoms with van der Waals surface area (Å²) in [5.41, 5.74) is 10.8. The highest BCUT2D eigenvalue weighted by molar-refractivity contribution is 6.26. The zero-order chi connectivity index (χ0) is 34.1. The van der Waals surface area contributed by atoms with Crippen LogP contribution in [0.15, 0.2) is 164 Å². The highest BCUT2D eigenvalue weighted by atomic mass is 15.0. The average Bonchev–Trinajstić information content (AvgIpc) is 3.44. The molecule has 1 aliphatic carbocycles. The van der Waals surface area contributed by atoms with Crippen molar-refractivity contribution in [3.63, 3.8) is 0 Å². The molecule has 51 heavy (non-hydrogen) atoms. The van der Waals surface area contributed by atoms with Crippen LogP contribution < -0.4 is 0 Å². The van der Waals surface area contributed by atoms with Gasteiger partial charge in [0.1, 0.15) is 0 Å². The van der Waals surface area contributed by atoms with Crippen LogP contribution in [0.4, 0.5) is 0 Å². The summed E-state index contributed by atoms with van der Waals surface area (Å²) in [6.07, 6.45) is 0. The smallest absolute Gasteiger partial charge is 0.164 e. The number of rotatable bonds is 4. The fourth-order valence-corrected chi connectivity index (χ4v) is 8.20. The van der Waals surface area contributed by atoms with Crippen molar-refractivity contribution in [3.05, 3.63) is 175 Å². The molecule has 0 unspecified atom stereocenters. The van der Waals surface area contributed by atoms with E-state index in [0.29, 0.717) is 17.5 Å². The third-order valence-corrected chi connectivity index (χ3v) is 10.7. The normalized spacial score (nSPS) is 13.1. The lowest BCUT2D eigenvalue weighted by molar-refractivity contribution is 0.660. The van der Waals surface area contributed by atoms with Crippen molar-refractivity contribution in [3.8, 4) is 56.4 Å². The van der Waals surface area contributed by atoms with Crippen molar-refractivity contribution in [2.24, 2.45) is 0 Å². The summed E-state index contributed by atoms with van der Waals surface area (Å²) in [6, 6.07) is 58.5. The highest BCUT2D eigenvalue weighted by Gasteiger charge is 2.36. The van der Waals surface area contributed by atoms with Crippen LogP contribution in [0.25, 0.3) is 88.7 Å². The van der Waals surface area contributed by atoms with Gasteiger partial charge < -0.3 is 0 Å². The first-order valence-corrected chi connectivity index (χ1v) is 17.5. The van der Waals surface area contributed by atoms with Crippen LogP contribution in [-0.2, 0) is 5.41 Å². The van der Waals surface area contributed by atoms with Gasteiger partial charge in [0.2, 0.25) is 0 Å². The lowest BCUT2D eigenvalue weighted by atomic mass is 9.82. The zero-order valence-corrected chi connectivity index (χ0v) is 28.4. The molecule has 0 N–H and O–H groups in total. The molecule has 8 aromatic carbocycles. The quantitative estimate of drug-likeness (QED) is 0.178. The Bertz CT molecular complexity index is 2760. The first-order valence-electron chi connectivity index (χ1n) is 17.5. The van der Waals surface area contributed by atoms with Gasteiger partial charge in [0, 0.05) is 22.1 Å². The molecule has 240 valence electrons. The Balaban J connectivity index is 1.20. The second kappa shape index (κ2) is 11.3. The van der Waals surface area contributed by atoms with Crippen LogP contribution in [0.3, 0.4) is 0 Å². The summed E-state index contributed by atoms with van der Waals surface area (Å²) in [7, 11) is 0. The lowest BCUT2D eigenvalue weighted by Crippen LogP contribution is -2.14. The van der Waals surface area contributed by atoms with Crippen LogP contribution >= 0.6 is 0 Å². The van der Waals surface area contributed by atoms with Gasteiger partial charge in [0.05, 0.1) is 0 Å². The fraction of sp³-hybridized carbons (Fsp3) is 0.0625. The molecule has 3 heteroatoms. The second-order valence-corrected chi connectivity index (χ2v) is 14.0. The minimum Gasteiger partial charge on any atom is -0.208 e. The predicted octanol–water partition coefficient (Wildman–Crippen LogP) is 12.3. The third kappa shape index (κ3) is 4.62. The molecule has 9 aromatic rings. The van der Waals surface area contributed by atoms with Crippen LogP contribution in [0.1, 0.15) is 25.0 Å². The monoisotopic (exact) mass is 651 g/mol. The van der Waals surface area contributed by atoms with Crippen LogP contribution in [0.2, 0.25) is 0 Å². The molecule has 1 heterocycles. The molecule has 1 aromatic heterocycles. The van der Waals surface area contributed by atoms with Gasteiger partial charge in [0.15, 0.2) is 17.5 Å². The van der Waals surface area contributed by atoms with Gasteiger partial charge in [-0.15, -0.1) is 0 Å². The molecule has 3 nitrogen and oxygen atoms in total. The van der Waals surface area contributed by atoms with E-state index in [1.165, 1.54) is 65.7 Å². The molecule has 0 spiro atoms. The third-order valence-electron chi connectivity index (χ3n) is 10.7. The van der Waals surface area contributed by atoms with Gasteiger partial charge in [-0.05, 0) is 77.8 Å². The summed E-state index contributed by atoms with van der Waals surface area (Å²) in [5, 5.41) is 7.33. The number of hydrogen-bond acceptors (Lipinski definition) is 3. The van der Waals surface area contributed by atoms with Crippen LogP contribution in [0, 0.1) is 0 Å². The van der Waals surface area contributed by atoms with Crippen molar-refractivity contribution < 1.29 is 0 Å². The number of nitrogens with zero attached hydrogens (tertiary/aromatic N) is 3. The molecule has 0 radical (unpaired) electrons. The average molecular weight is 652 g/mol. The van der Waals surface area contributed by atoms with Crippen molar-refractivity contribution in [2.75, 3.05) is 0 Å². The molecule has 10 rings (SSSR count). The maximum absolute atomic E-state index is 5.04. The van der Waals surface area contributed by atoms with Crippen molar-refractivity contribution in [1.29, 1.82) is 0 Å². The fourth-order valence-electron chi connectivity index (χ4n) is 8.20. The molecule has 0 bridgehead atoms. The Hall–Kier alpha value is -6.45. The molecular weight excluding hydrogens is 619 g/mol.